The molecule has 2 rings (SSSR count). The van der Waals surface area contributed by atoms with E-state index in [0.717, 1.165) is 24.4 Å². The van der Waals surface area contributed by atoms with Crippen molar-refractivity contribution in [2.45, 2.75) is 27.2 Å². The van der Waals surface area contributed by atoms with Crippen LogP contribution in [0.15, 0.2) is 12.3 Å². The van der Waals surface area contributed by atoms with Gasteiger partial charge in [0.15, 0.2) is 0 Å². The molecular weight excluding hydrogens is 290 g/mol. The smallest absolute Gasteiger partial charge is 0.257 e. The highest BCUT2D eigenvalue weighted by Gasteiger charge is 2.14. The van der Waals surface area contributed by atoms with Gasteiger partial charge >= 0.3 is 0 Å². The van der Waals surface area contributed by atoms with Gasteiger partial charge in [-0.1, -0.05) is 18.5 Å². The molecule has 2 heterocycles. The summed E-state index contributed by atoms with van der Waals surface area (Å²) in [7, 11) is 0. The largest absolute Gasteiger partial charge is 0.369 e. The minimum atomic E-state index is -0.265. The molecule has 0 saturated heterocycles. The van der Waals surface area contributed by atoms with Crippen LogP contribution in [0.25, 0.3) is 0 Å². The summed E-state index contributed by atoms with van der Waals surface area (Å²) in [6.07, 6.45) is 2.48. The monoisotopic (exact) mass is 307 g/mol. The molecule has 21 heavy (non-hydrogen) atoms. The molecular formula is C14H18ClN5O. The Bertz CT molecular complexity index is 633. The van der Waals surface area contributed by atoms with Crippen LogP contribution in [0, 0.1) is 13.8 Å². The molecule has 0 fully saturated rings. The Hall–Kier alpha value is -2.08. The van der Waals surface area contributed by atoms with E-state index in [-0.39, 0.29) is 5.91 Å². The van der Waals surface area contributed by atoms with Gasteiger partial charge in [0.05, 0.1) is 27.7 Å². The van der Waals surface area contributed by atoms with E-state index in [4.69, 9.17) is 11.6 Å². The zero-order valence-corrected chi connectivity index (χ0v) is 13.0. The number of aromatic nitrogens is 3. The molecule has 0 atom stereocenters. The number of nitrogens with one attached hydrogen (secondary N) is 3. The number of aromatic amines is 1. The Balaban J connectivity index is 2.15. The zero-order valence-electron chi connectivity index (χ0n) is 12.2. The number of H-pyrrole nitrogens is 1. The maximum absolute atomic E-state index is 12.2. The summed E-state index contributed by atoms with van der Waals surface area (Å²) in [5.74, 6) is 0.324. The Labute approximate surface area is 128 Å². The first-order valence-corrected chi connectivity index (χ1v) is 7.13. The summed E-state index contributed by atoms with van der Waals surface area (Å²) in [4.78, 5) is 16.4. The van der Waals surface area contributed by atoms with Crippen molar-refractivity contribution in [3.05, 3.63) is 34.2 Å². The first-order valence-electron chi connectivity index (χ1n) is 6.75. The van der Waals surface area contributed by atoms with Gasteiger partial charge in [0.1, 0.15) is 5.82 Å². The number of pyridine rings is 1. The van der Waals surface area contributed by atoms with Crippen molar-refractivity contribution in [2.24, 2.45) is 0 Å². The van der Waals surface area contributed by atoms with Crippen LogP contribution in [-0.4, -0.2) is 27.6 Å². The number of nitrogens with zero attached hydrogens (tertiary/aromatic N) is 2. The molecule has 0 aliphatic carbocycles. The van der Waals surface area contributed by atoms with Crippen LogP contribution in [0.4, 0.5) is 11.5 Å². The van der Waals surface area contributed by atoms with Crippen LogP contribution in [0.1, 0.15) is 35.1 Å². The van der Waals surface area contributed by atoms with Gasteiger partial charge in [-0.2, -0.15) is 5.10 Å². The van der Waals surface area contributed by atoms with E-state index in [1.165, 1.54) is 6.20 Å². The quantitative estimate of drug-likeness (QED) is 0.792. The number of carbonyl (C=O) groups is 1. The maximum Gasteiger partial charge on any atom is 0.257 e. The van der Waals surface area contributed by atoms with Crippen LogP contribution in [0.2, 0.25) is 5.02 Å². The van der Waals surface area contributed by atoms with Crippen molar-refractivity contribution in [2.75, 3.05) is 17.2 Å². The normalized spacial score (nSPS) is 10.5. The highest BCUT2D eigenvalue weighted by atomic mass is 35.5. The lowest BCUT2D eigenvalue weighted by Gasteiger charge is -2.09. The fourth-order valence-electron chi connectivity index (χ4n) is 1.86. The van der Waals surface area contributed by atoms with Crippen molar-refractivity contribution >= 4 is 29.0 Å². The van der Waals surface area contributed by atoms with E-state index in [1.54, 1.807) is 6.07 Å². The summed E-state index contributed by atoms with van der Waals surface area (Å²) >= 11 is 6.13. The molecule has 0 spiro atoms. The number of hydrogen-bond donors (Lipinski definition) is 3. The van der Waals surface area contributed by atoms with Crippen molar-refractivity contribution in [3.8, 4) is 0 Å². The molecule has 0 aliphatic heterocycles. The fourth-order valence-corrected chi connectivity index (χ4v) is 2.09. The van der Waals surface area contributed by atoms with E-state index < -0.39 is 0 Å². The summed E-state index contributed by atoms with van der Waals surface area (Å²) in [6, 6.07) is 1.60. The van der Waals surface area contributed by atoms with Crippen molar-refractivity contribution in [3.63, 3.8) is 0 Å². The Kier molecular flexibility index (Phi) is 4.80. The van der Waals surface area contributed by atoms with Crippen LogP contribution < -0.4 is 10.6 Å². The molecule has 112 valence electrons. The number of aryl methyl sites for hydroxylation is 2. The summed E-state index contributed by atoms with van der Waals surface area (Å²) in [5.41, 5.74) is 2.63. The average Bonchev–Trinajstić information content (AvgIpc) is 2.77. The number of hydrogen-bond acceptors (Lipinski definition) is 4. The van der Waals surface area contributed by atoms with Crippen LogP contribution in [-0.2, 0) is 0 Å². The molecule has 7 heteroatoms. The molecule has 0 unspecified atom stereocenters. The Morgan fingerprint density at radius 2 is 2.19 bits per heavy atom. The van der Waals surface area contributed by atoms with E-state index in [0.29, 0.717) is 22.1 Å². The van der Waals surface area contributed by atoms with Crippen molar-refractivity contribution in [1.29, 1.82) is 0 Å². The van der Waals surface area contributed by atoms with Gasteiger partial charge in [-0.3, -0.25) is 9.89 Å². The molecule has 6 nitrogen and oxygen atoms in total. The predicted octanol–water partition coefficient (Wildman–Crippen LogP) is 3.15. The molecule has 0 saturated carbocycles. The predicted molar refractivity (Wildman–Crippen MR) is 84.0 cm³/mol. The highest BCUT2D eigenvalue weighted by Crippen LogP contribution is 2.22. The molecule has 0 aliphatic rings. The molecule has 0 radical (unpaired) electrons. The SMILES string of the molecule is CCCNc1ncc(C(=O)Nc2c(C)n[nH]c2C)cc1Cl. The Morgan fingerprint density at radius 3 is 2.76 bits per heavy atom. The van der Waals surface area contributed by atoms with Crippen LogP contribution in [0.3, 0.4) is 0 Å². The minimum absolute atomic E-state index is 0.265. The molecule has 2 aromatic heterocycles. The second-order valence-corrected chi connectivity index (χ2v) is 5.15. The topological polar surface area (TPSA) is 82.7 Å². The third kappa shape index (κ3) is 3.52. The summed E-state index contributed by atoms with van der Waals surface area (Å²) in [5, 5.41) is 13.2. The average molecular weight is 308 g/mol. The zero-order chi connectivity index (χ0) is 15.4. The van der Waals surface area contributed by atoms with Gasteiger partial charge < -0.3 is 10.6 Å². The second-order valence-electron chi connectivity index (χ2n) is 4.74. The van der Waals surface area contributed by atoms with Gasteiger partial charge in [-0.15, -0.1) is 0 Å². The lowest BCUT2D eigenvalue weighted by molar-refractivity contribution is 0.102. The van der Waals surface area contributed by atoms with Gasteiger partial charge in [-0.25, -0.2) is 4.98 Å². The Morgan fingerprint density at radius 1 is 1.43 bits per heavy atom. The number of amides is 1. The van der Waals surface area contributed by atoms with Gasteiger partial charge in [-0.05, 0) is 26.3 Å². The molecule has 1 amide bonds. The van der Waals surface area contributed by atoms with Crippen molar-refractivity contribution < 1.29 is 4.79 Å². The third-order valence-corrected chi connectivity index (χ3v) is 3.30. The van der Waals surface area contributed by atoms with E-state index in [2.05, 4.69) is 32.7 Å². The molecule has 0 aromatic carbocycles. The highest BCUT2D eigenvalue weighted by molar-refractivity contribution is 6.33. The van der Waals surface area contributed by atoms with Gasteiger partial charge in [0.2, 0.25) is 0 Å². The number of rotatable bonds is 5. The second kappa shape index (κ2) is 6.58. The first kappa shape index (κ1) is 15.3. The summed E-state index contributed by atoms with van der Waals surface area (Å²) in [6.45, 7) is 6.50. The first-order chi connectivity index (χ1) is 10.0. The van der Waals surface area contributed by atoms with E-state index >= 15 is 0 Å². The fraction of sp³-hybridized carbons (Fsp3) is 0.357. The van der Waals surface area contributed by atoms with E-state index in [1.807, 2.05) is 13.8 Å². The maximum atomic E-state index is 12.2. The summed E-state index contributed by atoms with van der Waals surface area (Å²) < 4.78 is 0. The minimum Gasteiger partial charge on any atom is -0.369 e. The standard InChI is InChI=1S/C14H18ClN5O/c1-4-5-16-13-11(15)6-10(7-17-13)14(21)18-12-8(2)19-20-9(12)3/h6-7H,4-5H2,1-3H3,(H,16,17)(H,18,21)(H,19,20). The number of carbonyl (C=O) groups excluding carboxylic acids is 1. The third-order valence-electron chi connectivity index (χ3n) is 3.01. The van der Waals surface area contributed by atoms with Crippen LogP contribution >= 0.6 is 11.6 Å². The lowest BCUT2D eigenvalue weighted by Crippen LogP contribution is -2.14. The molecule has 0 bridgehead atoms. The van der Waals surface area contributed by atoms with Crippen molar-refractivity contribution in [1.82, 2.24) is 15.2 Å². The number of halogens is 1. The molecule has 3 N–H and O–H groups in total. The van der Waals surface area contributed by atoms with Gasteiger partial charge in [0, 0.05) is 12.7 Å². The van der Waals surface area contributed by atoms with Crippen LogP contribution in [0.5, 0.6) is 0 Å². The van der Waals surface area contributed by atoms with Gasteiger partial charge in [0.25, 0.3) is 5.91 Å². The van der Waals surface area contributed by atoms with E-state index in [9.17, 15) is 4.79 Å². The number of anilines is 2. The lowest BCUT2D eigenvalue weighted by atomic mass is 10.2. The molecule has 2 aromatic rings.